The van der Waals surface area contributed by atoms with Crippen LogP contribution in [-0.4, -0.2) is 53.1 Å². The SMILES string of the molecule is C[Si](C)(C)C([NH-])=O.C[Si](C)(C)C([NH-])=O.[In].[Zr+4].c1ccc2[cH-]ccc2c1.c1ccc2[cH-]ccc2c1. The maximum atomic E-state index is 10.2. The molecule has 4 aromatic rings. The molecule has 8 heteroatoms. The van der Waals surface area contributed by atoms with Gasteiger partial charge in [0.15, 0.2) is 0 Å². The van der Waals surface area contributed by atoms with Crippen molar-refractivity contribution in [1.82, 2.24) is 0 Å². The van der Waals surface area contributed by atoms with Gasteiger partial charge < -0.3 is 21.1 Å². The first-order valence-corrected chi connectivity index (χ1v) is 17.6. The van der Waals surface area contributed by atoms with Crippen molar-refractivity contribution in [3.63, 3.8) is 0 Å². The van der Waals surface area contributed by atoms with Crippen LogP contribution in [0.3, 0.4) is 0 Å². The molecule has 0 aliphatic carbocycles. The molecular formula is C26H34InN2O2Si2Zr. The molecule has 0 heterocycles. The second-order valence-corrected chi connectivity index (χ2v) is 19.4. The number of hydrogen-bond acceptors (Lipinski definition) is 2. The summed E-state index contributed by atoms with van der Waals surface area (Å²) in [4.78, 5) is 20.4. The van der Waals surface area contributed by atoms with E-state index >= 15 is 0 Å². The molecular weight excluding hydrogens is 635 g/mol. The van der Waals surface area contributed by atoms with Crippen molar-refractivity contribution in [3.05, 3.63) is 96.4 Å². The topological polar surface area (TPSA) is 81.7 Å². The van der Waals surface area contributed by atoms with Crippen LogP contribution in [0.5, 0.6) is 0 Å². The third kappa shape index (κ3) is 13.6. The summed E-state index contributed by atoms with van der Waals surface area (Å²) in [7, 11) is -3.41. The molecule has 2 amide bonds. The molecule has 3 radical (unpaired) electrons. The summed E-state index contributed by atoms with van der Waals surface area (Å²) < 4.78 is 0. The maximum Gasteiger partial charge on any atom is 4.00 e. The minimum Gasteiger partial charge on any atom is -0.672 e. The van der Waals surface area contributed by atoms with E-state index in [-0.39, 0.29) is 63.1 Å². The van der Waals surface area contributed by atoms with Gasteiger partial charge in [-0.1, -0.05) is 51.4 Å². The van der Waals surface area contributed by atoms with Gasteiger partial charge in [0.2, 0.25) is 0 Å². The van der Waals surface area contributed by atoms with E-state index in [4.69, 9.17) is 11.5 Å². The van der Waals surface area contributed by atoms with Crippen LogP contribution in [0.4, 0.5) is 9.59 Å². The minimum atomic E-state index is -1.71. The van der Waals surface area contributed by atoms with Gasteiger partial charge in [0.05, 0.1) is 16.1 Å². The van der Waals surface area contributed by atoms with Crippen molar-refractivity contribution in [3.8, 4) is 0 Å². The first-order chi connectivity index (χ1) is 14.8. The van der Waals surface area contributed by atoms with E-state index in [2.05, 4.69) is 84.9 Å². The van der Waals surface area contributed by atoms with E-state index in [1.165, 1.54) is 21.5 Å². The smallest absolute Gasteiger partial charge is 0.672 e. The van der Waals surface area contributed by atoms with E-state index in [9.17, 15) is 9.59 Å². The van der Waals surface area contributed by atoms with Crippen LogP contribution < -0.4 is 0 Å². The van der Waals surface area contributed by atoms with Gasteiger partial charge in [0.25, 0.3) is 0 Å². The molecule has 0 aromatic heterocycles. The van der Waals surface area contributed by atoms with Crippen LogP contribution in [0.1, 0.15) is 0 Å². The summed E-state index contributed by atoms with van der Waals surface area (Å²) in [6.07, 6.45) is 0. The van der Waals surface area contributed by atoms with Crippen LogP contribution in [0.15, 0.2) is 84.9 Å². The molecule has 34 heavy (non-hydrogen) atoms. The van der Waals surface area contributed by atoms with Gasteiger partial charge in [0, 0.05) is 36.9 Å². The summed E-state index contributed by atoms with van der Waals surface area (Å²) in [5.41, 5.74) is 12.6. The molecule has 0 saturated carbocycles. The Kier molecular flexibility index (Phi) is 16.9. The zero-order chi connectivity index (χ0) is 24.4. The van der Waals surface area contributed by atoms with Crippen LogP contribution in [0, 0.1) is 0 Å². The number of carbonyl (C=O) groups excluding carboxylic acids is 2. The van der Waals surface area contributed by atoms with Gasteiger partial charge in [-0.3, -0.25) is 0 Å². The Morgan fingerprint density at radius 1 is 0.618 bits per heavy atom. The standard InChI is InChI=1S/2C9H7.2C4H11NOSi.In.Zr/c2*1-2-5-9-7-3-6-8(9)4-1;2*1-7(2,3)4(5)6;;/h2*1-7H;2*1-3H3,(H2,5,6);;/q2*-1;;;;+4/p-2. The van der Waals surface area contributed by atoms with Crippen molar-refractivity contribution in [2.45, 2.75) is 39.3 Å². The van der Waals surface area contributed by atoms with E-state index < -0.39 is 16.1 Å². The molecule has 0 spiro atoms. The predicted octanol–water partition coefficient (Wildman–Crippen LogP) is 8.89. The number of rotatable bonds is 2. The summed E-state index contributed by atoms with van der Waals surface area (Å²) in [6.45, 7) is 11.2. The monoisotopic (exact) mass is 667 g/mol. The Morgan fingerprint density at radius 2 is 0.882 bits per heavy atom. The molecule has 0 aliphatic heterocycles. The normalized spacial score (nSPS) is 10.1. The quantitative estimate of drug-likeness (QED) is 0.158. The van der Waals surface area contributed by atoms with Gasteiger partial charge in [-0.25, -0.2) is 0 Å². The molecule has 4 rings (SSSR count). The molecule has 0 atom stereocenters. The Morgan fingerprint density at radius 3 is 1.12 bits per heavy atom. The summed E-state index contributed by atoms with van der Waals surface area (Å²) in [6, 6.07) is 29.3. The Hall–Kier alpha value is -1.21. The van der Waals surface area contributed by atoms with Crippen LogP contribution in [0.2, 0.25) is 39.3 Å². The van der Waals surface area contributed by atoms with Crippen LogP contribution >= 0.6 is 0 Å². The van der Waals surface area contributed by atoms with Crippen molar-refractivity contribution in [1.29, 1.82) is 0 Å². The van der Waals surface area contributed by atoms with Gasteiger partial charge in [-0.05, 0) is 0 Å². The molecule has 0 unspecified atom stereocenters. The van der Waals surface area contributed by atoms with Gasteiger partial charge >= 0.3 is 26.2 Å². The van der Waals surface area contributed by atoms with Crippen molar-refractivity contribution >= 4 is 74.6 Å². The van der Waals surface area contributed by atoms with E-state index in [1.54, 1.807) is 0 Å². The molecule has 0 saturated heterocycles. The van der Waals surface area contributed by atoms with Crippen LogP contribution in [-0.2, 0) is 26.2 Å². The van der Waals surface area contributed by atoms with Gasteiger partial charge in [-0.2, -0.15) is 35.0 Å². The summed E-state index contributed by atoms with van der Waals surface area (Å²) in [5.74, 6) is 0. The number of carbonyl (C=O) groups is 2. The molecule has 2 N–H and O–H groups in total. The average molecular weight is 669 g/mol. The fourth-order valence-electron chi connectivity index (χ4n) is 2.14. The largest absolute Gasteiger partial charge is 4.00 e. The minimum absolute atomic E-state index is 0. The molecule has 0 bridgehead atoms. The molecule has 4 nitrogen and oxygen atoms in total. The Balaban J connectivity index is 0. The van der Waals surface area contributed by atoms with Crippen molar-refractivity contribution in [2.24, 2.45) is 0 Å². The third-order valence-electron chi connectivity index (χ3n) is 4.46. The van der Waals surface area contributed by atoms with E-state index in [1.807, 2.05) is 39.3 Å². The fraction of sp³-hybridized carbons (Fsp3) is 0.231. The number of amides is 2. The number of hydrogen-bond donors (Lipinski definition) is 0. The molecule has 0 fully saturated rings. The Labute approximate surface area is 244 Å². The second-order valence-electron chi connectivity index (χ2n) is 9.47. The third-order valence-corrected chi connectivity index (χ3v) is 7.18. The average Bonchev–Trinajstić information content (AvgIpc) is 3.37. The van der Waals surface area contributed by atoms with Crippen LogP contribution in [0.25, 0.3) is 33.0 Å². The maximum absolute atomic E-state index is 10.2. The number of benzene rings is 2. The summed E-state index contributed by atoms with van der Waals surface area (Å²) in [5, 5.41) is 5.32. The number of nitrogens with one attached hydrogen (secondary N) is 2. The zero-order valence-corrected chi connectivity index (χ0v) is 28.7. The Bertz CT molecular complexity index is 978. The van der Waals surface area contributed by atoms with Crippen molar-refractivity contribution < 1.29 is 35.8 Å². The number of fused-ring (bicyclic) bond motifs is 2. The fourth-order valence-corrected chi connectivity index (χ4v) is 2.14. The molecule has 0 aliphatic rings. The van der Waals surface area contributed by atoms with E-state index in [0.717, 1.165) is 0 Å². The van der Waals surface area contributed by atoms with E-state index in [0.29, 0.717) is 0 Å². The first-order valence-electron chi connectivity index (χ1n) is 10.6. The van der Waals surface area contributed by atoms with Gasteiger partial charge in [-0.15, -0.1) is 59.3 Å². The molecule has 4 aromatic carbocycles. The summed E-state index contributed by atoms with van der Waals surface area (Å²) >= 11 is 0. The zero-order valence-electron chi connectivity index (χ0n) is 21.0. The van der Waals surface area contributed by atoms with Crippen molar-refractivity contribution in [2.75, 3.05) is 0 Å². The van der Waals surface area contributed by atoms with Gasteiger partial charge in [0.1, 0.15) is 0 Å². The molecule has 175 valence electrons. The predicted molar refractivity (Wildman–Crippen MR) is 151 cm³/mol. The second kappa shape index (κ2) is 16.5. The first kappa shape index (κ1) is 35.0.